The molecule has 2 heterocycles. The number of aromatic nitrogens is 3. The number of carbonyl (C=O) groups excluding carboxylic acids is 1. The summed E-state index contributed by atoms with van der Waals surface area (Å²) >= 11 is 1.28. The summed E-state index contributed by atoms with van der Waals surface area (Å²) in [5, 5.41) is 7.59. The Morgan fingerprint density at radius 3 is 2.50 bits per heavy atom. The van der Waals surface area contributed by atoms with E-state index >= 15 is 0 Å². The largest absolute Gasteiger partial charge is 0.339 e. The third-order valence-electron chi connectivity index (χ3n) is 4.81. The average molecular weight is 426 g/mol. The van der Waals surface area contributed by atoms with Gasteiger partial charge in [0.25, 0.3) is 0 Å². The first kappa shape index (κ1) is 19.3. The van der Waals surface area contributed by atoms with E-state index < -0.39 is 15.8 Å². The molecular weight excluding hydrogens is 405 g/mol. The molecule has 2 aliphatic rings. The van der Waals surface area contributed by atoms with Gasteiger partial charge in [0.1, 0.15) is 11.6 Å². The molecule has 0 radical (unpaired) electrons. The van der Waals surface area contributed by atoms with E-state index in [4.69, 9.17) is 0 Å². The summed E-state index contributed by atoms with van der Waals surface area (Å²) in [6, 6.07) is 4.76. The molecule has 2 fully saturated rings. The number of nitrogens with one attached hydrogen (secondary N) is 1. The van der Waals surface area contributed by atoms with Crippen molar-refractivity contribution in [3.8, 4) is 0 Å². The smallest absolute Gasteiger partial charge is 0.243 e. The van der Waals surface area contributed by atoms with Gasteiger partial charge in [0.2, 0.25) is 21.1 Å². The highest BCUT2D eigenvalue weighted by Gasteiger charge is 2.30. The van der Waals surface area contributed by atoms with Crippen LogP contribution in [-0.4, -0.2) is 70.6 Å². The second kappa shape index (κ2) is 7.80. The molecule has 150 valence electrons. The fraction of sp³-hybridized carbons (Fsp3) is 0.471. The highest BCUT2D eigenvalue weighted by Crippen LogP contribution is 2.38. The molecule has 1 aromatic heterocycles. The number of amides is 1. The van der Waals surface area contributed by atoms with E-state index in [0.29, 0.717) is 24.2 Å². The summed E-state index contributed by atoms with van der Waals surface area (Å²) in [4.78, 5) is 18.5. The lowest BCUT2D eigenvalue weighted by Crippen LogP contribution is -2.50. The van der Waals surface area contributed by atoms with Crippen LogP contribution in [0, 0.1) is 5.82 Å². The van der Waals surface area contributed by atoms with E-state index in [0.717, 1.165) is 30.8 Å². The second-order valence-electron chi connectivity index (χ2n) is 6.80. The Kier molecular flexibility index (Phi) is 5.39. The van der Waals surface area contributed by atoms with Gasteiger partial charge in [-0.3, -0.25) is 9.89 Å². The minimum absolute atomic E-state index is 0.0558. The summed E-state index contributed by atoms with van der Waals surface area (Å²) in [6.45, 7) is 1.06. The maximum Gasteiger partial charge on any atom is 0.243 e. The zero-order valence-corrected chi connectivity index (χ0v) is 16.7. The zero-order chi connectivity index (χ0) is 19.7. The van der Waals surface area contributed by atoms with Crippen LogP contribution in [0.15, 0.2) is 34.3 Å². The Morgan fingerprint density at radius 1 is 1.18 bits per heavy atom. The Labute approximate surface area is 166 Å². The van der Waals surface area contributed by atoms with Crippen LogP contribution in [0.4, 0.5) is 4.39 Å². The molecular formula is C17H20FN5O3S2. The van der Waals surface area contributed by atoms with E-state index in [9.17, 15) is 17.6 Å². The first-order valence-electron chi connectivity index (χ1n) is 9.02. The number of hydrogen-bond donors (Lipinski definition) is 1. The van der Waals surface area contributed by atoms with Gasteiger partial charge in [-0.05, 0) is 37.1 Å². The lowest BCUT2D eigenvalue weighted by Gasteiger charge is -2.34. The minimum Gasteiger partial charge on any atom is -0.339 e. The summed E-state index contributed by atoms with van der Waals surface area (Å²) in [7, 11) is -3.68. The number of H-pyrrole nitrogens is 1. The van der Waals surface area contributed by atoms with Gasteiger partial charge in [-0.1, -0.05) is 11.8 Å². The number of benzene rings is 1. The topological polar surface area (TPSA) is 99.3 Å². The van der Waals surface area contributed by atoms with Crippen LogP contribution in [0.3, 0.4) is 0 Å². The van der Waals surface area contributed by atoms with Gasteiger partial charge >= 0.3 is 0 Å². The summed E-state index contributed by atoms with van der Waals surface area (Å²) in [6.07, 6.45) is 2.26. The summed E-state index contributed by atoms with van der Waals surface area (Å²) < 4.78 is 39.6. The maximum absolute atomic E-state index is 13.0. The molecule has 0 unspecified atom stereocenters. The first-order valence-corrected chi connectivity index (χ1v) is 11.4. The van der Waals surface area contributed by atoms with Gasteiger partial charge in [-0.25, -0.2) is 17.8 Å². The van der Waals surface area contributed by atoms with E-state index in [-0.39, 0.29) is 29.6 Å². The van der Waals surface area contributed by atoms with Crippen molar-refractivity contribution in [1.82, 2.24) is 24.4 Å². The SMILES string of the molecule is O=C(CSc1n[nH]c(C2CC2)n1)N1CCN(S(=O)(=O)c2ccc(F)cc2)CC1. The number of thioether (sulfide) groups is 1. The third-order valence-corrected chi connectivity index (χ3v) is 7.56. The Balaban J connectivity index is 1.29. The molecule has 4 rings (SSSR count). The molecule has 0 atom stereocenters. The monoisotopic (exact) mass is 425 g/mol. The van der Waals surface area contributed by atoms with Crippen LogP contribution in [0.1, 0.15) is 24.6 Å². The maximum atomic E-state index is 13.0. The molecule has 1 saturated heterocycles. The Bertz CT molecular complexity index is 951. The van der Waals surface area contributed by atoms with Gasteiger partial charge in [0.15, 0.2) is 0 Å². The van der Waals surface area contributed by atoms with Crippen molar-refractivity contribution in [1.29, 1.82) is 0 Å². The molecule has 0 spiro atoms. The van der Waals surface area contributed by atoms with Crippen LogP contribution in [0.2, 0.25) is 0 Å². The van der Waals surface area contributed by atoms with Crippen molar-refractivity contribution < 1.29 is 17.6 Å². The van der Waals surface area contributed by atoms with Crippen LogP contribution in [-0.2, 0) is 14.8 Å². The summed E-state index contributed by atoms with van der Waals surface area (Å²) in [5.74, 6) is 1.03. The predicted octanol–water partition coefficient (Wildman–Crippen LogP) is 1.45. The third kappa shape index (κ3) is 4.20. The van der Waals surface area contributed by atoms with Crippen molar-refractivity contribution in [2.45, 2.75) is 28.8 Å². The summed E-state index contributed by atoms with van der Waals surface area (Å²) in [5.41, 5.74) is 0. The average Bonchev–Trinajstić information content (AvgIpc) is 3.45. The molecule has 2 aromatic rings. The highest BCUT2D eigenvalue weighted by atomic mass is 32.2. The number of piperazine rings is 1. The van der Waals surface area contributed by atoms with Gasteiger partial charge in [-0.15, -0.1) is 5.10 Å². The molecule has 0 bridgehead atoms. The van der Waals surface area contributed by atoms with E-state index in [1.54, 1.807) is 4.90 Å². The van der Waals surface area contributed by atoms with Gasteiger partial charge in [0.05, 0.1) is 10.6 Å². The number of sulfonamides is 1. The van der Waals surface area contributed by atoms with Crippen molar-refractivity contribution in [3.05, 3.63) is 35.9 Å². The number of carbonyl (C=O) groups is 1. The van der Waals surface area contributed by atoms with Crippen molar-refractivity contribution >= 4 is 27.7 Å². The lowest BCUT2D eigenvalue weighted by atomic mass is 10.3. The number of aromatic amines is 1. The molecule has 1 aromatic carbocycles. The fourth-order valence-corrected chi connectivity index (χ4v) is 5.14. The van der Waals surface area contributed by atoms with E-state index in [1.807, 2.05) is 0 Å². The standard InChI is InChI=1S/C17H20FN5O3S2/c18-13-3-5-14(6-4-13)28(25,26)23-9-7-22(8-10-23)15(24)11-27-17-19-16(20-21-17)12-1-2-12/h3-6,12H,1-2,7-11H2,(H,19,20,21). The normalized spacial score (nSPS) is 18.4. The number of rotatable bonds is 6. The molecule has 11 heteroatoms. The van der Waals surface area contributed by atoms with Crippen LogP contribution >= 0.6 is 11.8 Å². The highest BCUT2D eigenvalue weighted by molar-refractivity contribution is 7.99. The fourth-order valence-electron chi connectivity index (χ4n) is 3.01. The molecule has 1 amide bonds. The molecule has 1 aliphatic heterocycles. The number of nitrogens with zero attached hydrogens (tertiary/aromatic N) is 4. The van der Waals surface area contributed by atoms with Crippen molar-refractivity contribution in [2.75, 3.05) is 31.9 Å². The van der Waals surface area contributed by atoms with Crippen molar-refractivity contribution in [3.63, 3.8) is 0 Å². The lowest BCUT2D eigenvalue weighted by molar-refractivity contribution is -0.129. The molecule has 1 N–H and O–H groups in total. The van der Waals surface area contributed by atoms with Crippen molar-refractivity contribution in [2.24, 2.45) is 0 Å². The van der Waals surface area contributed by atoms with Gasteiger partial charge in [-0.2, -0.15) is 4.31 Å². The second-order valence-corrected chi connectivity index (χ2v) is 9.69. The van der Waals surface area contributed by atoms with Gasteiger partial charge < -0.3 is 4.90 Å². The molecule has 8 nitrogen and oxygen atoms in total. The Morgan fingerprint density at radius 2 is 1.86 bits per heavy atom. The molecule has 1 aliphatic carbocycles. The van der Waals surface area contributed by atoms with E-state index in [1.165, 1.54) is 28.2 Å². The van der Waals surface area contributed by atoms with Crippen LogP contribution in [0.5, 0.6) is 0 Å². The molecule has 28 heavy (non-hydrogen) atoms. The predicted molar refractivity (Wildman–Crippen MR) is 101 cm³/mol. The zero-order valence-electron chi connectivity index (χ0n) is 15.0. The van der Waals surface area contributed by atoms with Crippen LogP contribution < -0.4 is 0 Å². The number of halogens is 1. The quantitative estimate of drug-likeness (QED) is 0.704. The van der Waals surface area contributed by atoms with Crippen LogP contribution in [0.25, 0.3) is 0 Å². The first-order chi connectivity index (χ1) is 13.4. The number of hydrogen-bond acceptors (Lipinski definition) is 6. The van der Waals surface area contributed by atoms with Gasteiger partial charge in [0, 0.05) is 32.1 Å². The Hall–Kier alpha value is -1.98. The van der Waals surface area contributed by atoms with E-state index in [2.05, 4.69) is 15.2 Å². The molecule has 1 saturated carbocycles. The minimum atomic E-state index is -3.68.